The van der Waals surface area contributed by atoms with Crippen LogP contribution < -0.4 is 5.32 Å². The first-order valence-corrected chi connectivity index (χ1v) is 10.3. The van der Waals surface area contributed by atoms with Gasteiger partial charge >= 0.3 is 0 Å². The average molecular weight is 439 g/mol. The van der Waals surface area contributed by atoms with E-state index >= 15 is 0 Å². The molecule has 5 rings (SSSR count). The second-order valence-electron chi connectivity index (χ2n) is 7.11. The molecule has 0 amide bonds. The molecule has 0 unspecified atom stereocenters. The van der Waals surface area contributed by atoms with Crippen LogP contribution in [0.4, 0.5) is 10.1 Å². The van der Waals surface area contributed by atoms with Crippen LogP contribution in [0.2, 0.25) is 0 Å². The first kappa shape index (κ1) is 21.7. The Morgan fingerprint density at radius 2 is 1.82 bits per heavy atom. The van der Waals surface area contributed by atoms with Gasteiger partial charge in [0.2, 0.25) is 0 Å². The quantitative estimate of drug-likeness (QED) is 0.280. The van der Waals surface area contributed by atoms with E-state index in [2.05, 4.69) is 38.6 Å². The number of aromatic nitrogens is 4. The molecule has 0 aliphatic heterocycles. The molecule has 0 aliphatic rings. The van der Waals surface area contributed by atoms with Crippen LogP contribution in [0.15, 0.2) is 91.3 Å². The number of imidazole rings is 1. The lowest BCUT2D eigenvalue weighted by Crippen LogP contribution is -1.93. The fourth-order valence-corrected chi connectivity index (χ4v) is 3.22. The van der Waals surface area contributed by atoms with Gasteiger partial charge in [0.05, 0.1) is 16.7 Å². The van der Waals surface area contributed by atoms with Crippen molar-refractivity contribution in [2.24, 2.45) is 0 Å². The summed E-state index contributed by atoms with van der Waals surface area (Å²) in [5, 5.41) is 7.37. The SMILES string of the molecule is CNc1ccc(-c2nc3ccc(-n4cccn4)cc3[nH]2)cc1.O=C/C=C/c1ccc(F)cc1. The Morgan fingerprint density at radius 1 is 1.03 bits per heavy atom. The number of fused-ring (bicyclic) bond motifs is 1. The molecule has 5 aromatic rings. The molecule has 7 heteroatoms. The monoisotopic (exact) mass is 439 g/mol. The minimum absolute atomic E-state index is 0.270. The maximum absolute atomic E-state index is 12.3. The summed E-state index contributed by atoms with van der Waals surface area (Å²) < 4.78 is 14.2. The van der Waals surface area contributed by atoms with Gasteiger partial charge in [0.25, 0.3) is 0 Å². The van der Waals surface area contributed by atoms with Crippen LogP contribution >= 0.6 is 0 Å². The van der Waals surface area contributed by atoms with Gasteiger partial charge in [-0.1, -0.05) is 18.2 Å². The lowest BCUT2D eigenvalue weighted by atomic mass is 10.2. The number of rotatable bonds is 5. The Balaban J connectivity index is 0.000000200. The fraction of sp³-hybridized carbons (Fsp3) is 0.0385. The summed E-state index contributed by atoms with van der Waals surface area (Å²) in [5.74, 6) is 0.600. The summed E-state index contributed by atoms with van der Waals surface area (Å²) in [5.41, 5.74) is 5.93. The highest BCUT2D eigenvalue weighted by molar-refractivity contribution is 5.81. The highest BCUT2D eigenvalue weighted by Gasteiger charge is 2.07. The van der Waals surface area contributed by atoms with Crippen molar-refractivity contribution >= 4 is 29.1 Å². The van der Waals surface area contributed by atoms with Gasteiger partial charge in [0.15, 0.2) is 0 Å². The molecule has 0 fully saturated rings. The minimum Gasteiger partial charge on any atom is -0.388 e. The average Bonchev–Trinajstić information content (AvgIpc) is 3.54. The lowest BCUT2D eigenvalue weighted by molar-refractivity contribution is -0.104. The predicted molar refractivity (Wildman–Crippen MR) is 130 cm³/mol. The van der Waals surface area contributed by atoms with E-state index in [-0.39, 0.29) is 5.82 Å². The molecule has 6 nitrogen and oxygen atoms in total. The maximum atomic E-state index is 12.3. The van der Waals surface area contributed by atoms with E-state index in [1.807, 2.05) is 48.3 Å². The zero-order valence-electron chi connectivity index (χ0n) is 17.9. The van der Waals surface area contributed by atoms with E-state index in [0.29, 0.717) is 6.29 Å². The maximum Gasteiger partial charge on any atom is 0.142 e. The van der Waals surface area contributed by atoms with E-state index in [0.717, 1.165) is 39.4 Å². The molecular formula is C26H22FN5O. The van der Waals surface area contributed by atoms with Gasteiger partial charge in [0.1, 0.15) is 17.9 Å². The molecule has 33 heavy (non-hydrogen) atoms. The van der Waals surface area contributed by atoms with Crippen LogP contribution in [-0.4, -0.2) is 33.1 Å². The third-order valence-corrected chi connectivity index (χ3v) is 4.92. The normalized spacial score (nSPS) is 10.7. The first-order valence-electron chi connectivity index (χ1n) is 10.3. The van der Waals surface area contributed by atoms with Crippen LogP contribution in [0, 0.1) is 5.82 Å². The summed E-state index contributed by atoms with van der Waals surface area (Å²) in [6.45, 7) is 0. The van der Waals surface area contributed by atoms with Gasteiger partial charge < -0.3 is 10.3 Å². The Kier molecular flexibility index (Phi) is 6.70. The highest BCUT2D eigenvalue weighted by Crippen LogP contribution is 2.23. The smallest absolute Gasteiger partial charge is 0.142 e. The molecule has 0 aliphatic carbocycles. The summed E-state index contributed by atoms with van der Waals surface area (Å²) >= 11 is 0. The van der Waals surface area contributed by atoms with Crippen molar-refractivity contribution in [1.29, 1.82) is 0 Å². The summed E-state index contributed by atoms with van der Waals surface area (Å²) in [6.07, 6.45) is 7.36. The van der Waals surface area contributed by atoms with Crippen LogP contribution in [0.5, 0.6) is 0 Å². The van der Waals surface area contributed by atoms with Gasteiger partial charge in [-0.3, -0.25) is 4.79 Å². The first-order chi connectivity index (χ1) is 16.2. The van der Waals surface area contributed by atoms with Crippen LogP contribution in [0.1, 0.15) is 5.56 Å². The van der Waals surface area contributed by atoms with Crippen molar-refractivity contribution in [3.63, 3.8) is 0 Å². The number of carbonyl (C=O) groups excluding carboxylic acids is 1. The number of carbonyl (C=O) groups is 1. The number of nitrogens with zero attached hydrogens (tertiary/aromatic N) is 3. The topological polar surface area (TPSA) is 75.6 Å². The Bertz CT molecular complexity index is 1350. The zero-order valence-corrected chi connectivity index (χ0v) is 17.9. The Hall–Kier alpha value is -4.52. The predicted octanol–water partition coefficient (Wildman–Crippen LogP) is 5.50. The van der Waals surface area contributed by atoms with E-state index in [9.17, 15) is 9.18 Å². The highest BCUT2D eigenvalue weighted by atomic mass is 19.1. The molecule has 0 atom stereocenters. The fourth-order valence-electron chi connectivity index (χ4n) is 3.22. The van der Waals surface area contributed by atoms with Gasteiger partial charge in [0, 0.05) is 30.7 Å². The molecule has 164 valence electrons. The van der Waals surface area contributed by atoms with Crippen molar-refractivity contribution in [2.45, 2.75) is 0 Å². The number of aldehydes is 1. The molecule has 2 heterocycles. The number of H-pyrrole nitrogens is 1. The van der Waals surface area contributed by atoms with Crippen molar-refractivity contribution in [2.75, 3.05) is 12.4 Å². The number of anilines is 1. The Labute approximate surface area is 190 Å². The molecule has 0 radical (unpaired) electrons. The second kappa shape index (κ2) is 10.2. The number of hydrogen-bond donors (Lipinski definition) is 2. The van der Waals surface area contributed by atoms with Gasteiger partial charge in [-0.05, 0) is 72.3 Å². The molecule has 3 aromatic carbocycles. The summed E-state index contributed by atoms with van der Waals surface area (Å²) in [4.78, 5) is 17.9. The Morgan fingerprint density at radius 3 is 2.48 bits per heavy atom. The van der Waals surface area contributed by atoms with Crippen LogP contribution in [0.25, 0.3) is 34.2 Å². The van der Waals surface area contributed by atoms with Crippen molar-refractivity contribution in [1.82, 2.24) is 19.7 Å². The van der Waals surface area contributed by atoms with Gasteiger partial charge in [-0.25, -0.2) is 14.1 Å². The summed E-state index contributed by atoms with van der Waals surface area (Å²) in [6, 6.07) is 22.1. The van der Waals surface area contributed by atoms with E-state index in [4.69, 9.17) is 0 Å². The number of aromatic amines is 1. The molecule has 0 saturated carbocycles. The lowest BCUT2D eigenvalue weighted by Gasteiger charge is -2.00. The number of halogens is 1. The summed E-state index contributed by atoms with van der Waals surface area (Å²) in [7, 11) is 1.91. The van der Waals surface area contributed by atoms with Crippen LogP contribution in [0.3, 0.4) is 0 Å². The van der Waals surface area contributed by atoms with Crippen molar-refractivity contribution < 1.29 is 9.18 Å². The zero-order chi connectivity index (χ0) is 23.0. The van der Waals surface area contributed by atoms with E-state index in [1.165, 1.54) is 18.2 Å². The molecule has 2 N–H and O–H groups in total. The third kappa shape index (κ3) is 5.40. The van der Waals surface area contributed by atoms with E-state index < -0.39 is 0 Å². The van der Waals surface area contributed by atoms with Gasteiger partial charge in [-0.15, -0.1) is 0 Å². The third-order valence-electron chi connectivity index (χ3n) is 4.92. The number of hydrogen-bond acceptors (Lipinski definition) is 4. The largest absolute Gasteiger partial charge is 0.388 e. The standard InChI is InChI=1S/C17H15N5.C9H7FO/c1-18-13-5-3-12(4-6-13)17-20-15-8-7-14(11-16(15)21-17)22-10-2-9-19-22;10-9-5-3-8(4-6-9)2-1-7-11/h2-11,18H,1H3,(H,20,21);1-7H/b;2-1+. The van der Waals surface area contributed by atoms with Gasteiger partial charge in [-0.2, -0.15) is 5.10 Å². The minimum atomic E-state index is -0.270. The molecule has 0 saturated heterocycles. The molecule has 0 bridgehead atoms. The molecule has 0 spiro atoms. The number of allylic oxidation sites excluding steroid dienone is 1. The van der Waals surface area contributed by atoms with E-state index in [1.54, 1.807) is 24.4 Å². The molecular weight excluding hydrogens is 417 g/mol. The number of nitrogens with one attached hydrogen (secondary N) is 2. The second-order valence-corrected chi connectivity index (χ2v) is 7.11. The molecule has 2 aromatic heterocycles. The number of benzene rings is 3. The van der Waals surface area contributed by atoms with Crippen LogP contribution in [-0.2, 0) is 4.79 Å². The van der Waals surface area contributed by atoms with Crippen molar-refractivity contribution in [3.8, 4) is 17.1 Å². The van der Waals surface area contributed by atoms with Crippen molar-refractivity contribution in [3.05, 3.63) is 103 Å².